The highest BCUT2D eigenvalue weighted by Crippen LogP contribution is 2.41. The highest BCUT2D eigenvalue weighted by Gasteiger charge is 2.39. The minimum atomic E-state index is -0.998. The van der Waals surface area contributed by atoms with E-state index in [1.807, 2.05) is 26.8 Å². The number of ether oxygens (including phenoxy) is 1. The van der Waals surface area contributed by atoms with E-state index in [-0.39, 0.29) is 34.3 Å². The molecule has 2 amide bonds. The molecule has 2 heterocycles. The number of piperidine rings is 1. The summed E-state index contributed by atoms with van der Waals surface area (Å²) in [6.07, 6.45) is 4.56. The standard InChI is InChI=1S/C27H42N2O5S/c1-17-8-10-18(11-9-17)23(30)29(20-16-21(26(2,3)4)35-22(20)24(31)32)19-12-14-28(15-13-19)25(33)34-27(5,6)7/h16-19H,8-15H2,1-7H3,(H,31,32)/t17-,18-. The van der Waals surface area contributed by atoms with Crippen LogP contribution in [0.3, 0.4) is 0 Å². The Labute approximate surface area is 213 Å². The fourth-order valence-corrected chi connectivity index (χ4v) is 5.96. The Kier molecular flexibility index (Phi) is 8.24. The summed E-state index contributed by atoms with van der Waals surface area (Å²) >= 11 is 1.27. The molecule has 196 valence electrons. The molecule has 0 atom stereocenters. The van der Waals surface area contributed by atoms with Crippen LogP contribution in [-0.2, 0) is 14.9 Å². The Morgan fingerprint density at radius 3 is 2.06 bits per heavy atom. The molecule has 7 nitrogen and oxygen atoms in total. The van der Waals surface area contributed by atoms with Gasteiger partial charge in [-0.3, -0.25) is 4.79 Å². The van der Waals surface area contributed by atoms with Gasteiger partial charge in [-0.25, -0.2) is 9.59 Å². The Bertz CT molecular complexity index is 926. The van der Waals surface area contributed by atoms with Crippen molar-refractivity contribution in [2.24, 2.45) is 11.8 Å². The van der Waals surface area contributed by atoms with Crippen LogP contribution >= 0.6 is 11.3 Å². The van der Waals surface area contributed by atoms with Crippen molar-refractivity contribution in [3.05, 3.63) is 15.8 Å². The van der Waals surface area contributed by atoms with Crippen LogP contribution in [-0.4, -0.2) is 52.7 Å². The van der Waals surface area contributed by atoms with Crippen LogP contribution in [0.25, 0.3) is 0 Å². The predicted octanol–water partition coefficient (Wildman–Crippen LogP) is 6.30. The molecule has 1 N–H and O–H groups in total. The van der Waals surface area contributed by atoms with Gasteiger partial charge in [0.1, 0.15) is 10.5 Å². The number of thiophene rings is 1. The Morgan fingerprint density at radius 1 is 1.00 bits per heavy atom. The molecular formula is C27H42N2O5S. The average Bonchev–Trinajstić information content (AvgIpc) is 3.19. The first-order valence-electron chi connectivity index (χ1n) is 12.9. The number of carbonyl (C=O) groups is 3. The minimum absolute atomic E-state index is 0.0355. The molecule has 1 aliphatic heterocycles. The lowest BCUT2D eigenvalue weighted by Gasteiger charge is -2.40. The molecule has 1 aliphatic carbocycles. The minimum Gasteiger partial charge on any atom is -0.477 e. The SMILES string of the molecule is CC(C)(C)OC(=O)N1CCC(N(c2cc(C(C)(C)C)sc2C(=O)O)C(=O)[C@H]2CC[C@H](C)CC2)CC1. The maximum Gasteiger partial charge on any atom is 0.410 e. The number of carbonyl (C=O) groups excluding carboxylic acids is 2. The van der Waals surface area contributed by atoms with E-state index in [4.69, 9.17) is 4.74 Å². The highest BCUT2D eigenvalue weighted by molar-refractivity contribution is 7.14. The molecule has 0 radical (unpaired) electrons. The zero-order chi connectivity index (χ0) is 26.1. The summed E-state index contributed by atoms with van der Waals surface area (Å²) < 4.78 is 5.53. The van der Waals surface area contributed by atoms with Crippen molar-refractivity contribution < 1.29 is 24.2 Å². The van der Waals surface area contributed by atoms with E-state index in [9.17, 15) is 19.5 Å². The number of hydrogen-bond donors (Lipinski definition) is 1. The molecule has 3 rings (SSSR count). The summed E-state index contributed by atoms with van der Waals surface area (Å²) in [5.74, 6) is -0.433. The average molecular weight is 507 g/mol. The van der Waals surface area contributed by atoms with Gasteiger partial charge in [-0.2, -0.15) is 0 Å². The topological polar surface area (TPSA) is 87.2 Å². The van der Waals surface area contributed by atoms with Gasteiger partial charge in [-0.1, -0.05) is 27.7 Å². The van der Waals surface area contributed by atoms with Gasteiger partial charge in [0, 0.05) is 29.9 Å². The van der Waals surface area contributed by atoms with Gasteiger partial charge in [0.2, 0.25) is 5.91 Å². The number of nitrogens with zero attached hydrogens (tertiary/aromatic N) is 2. The number of amides is 2. The van der Waals surface area contributed by atoms with Crippen molar-refractivity contribution in [2.45, 2.75) is 104 Å². The second-order valence-electron chi connectivity index (χ2n) is 12.2. The summed E-state index contributed by atoms with van der Waals surface area (Å²) in [5, 5.41) is 10.0. The van der Waals surface area contributed by atoms with E-state index in [0.717, 1.165) is 30.6 Å². The summed E-state index contributed by atoms with van der Waals surface area (Å²) in [6.45, 7) is 14.9. The Morgan fingerprint density at radius 2 is 1.57 bits per heavy atom. The van der Waals surface area contributed by atoms with Crippen LogP contribution in [0.1, 0.15) is 102 Å². The predicted molar refractivity (Wildman–Crippen MR) is 139 cm³/mol. The normalized spacial score (nSPS) is 22.1. The fourth-order valence-electron chi connectivity index (χ4n) is 4.92. The number of carboxylic acids is 1. The highest BCUT2D eigenvalue weighted by atomic mass is 32.1. The molecule has 1 aromatic heterocycles. The number of likely N-dealkylation sites (tertiary alicyclic amines) is 1. The second kappa shape index (κ2) is 10.5. The third-order valence-corrected chi connectivity index (χ3v) is 8.53. The third kappa shape index (κ3) is 6.78. The van der Waals surface area contributed by atoms with Crippen LogP contribution in [0, 0.1) is 11.8 Å². The molecule has 0 unspecified atom stereocenters. The van der Waals surface area contributed by atoms with Crippen LogP contribution in [0.4, 0.5) is 10.5 Å². The molecule has 2 aliphatic rings. The van der Waals surface area contributed by atoms with Crippen molar-refractivity contribution in [3.63, 3.8) is 0 Å². The molecule has 0 aromatic carbocycles. The molecule has 1 aromatic rings. The van der Waals surface area contributed by atoms with Crippen LogP contribution in [0.5, 0.6) is 0 Å². The van der Waals surface area contributed by atoms with Gasteiger partial charge >= 0.3 is 12.1 Å². The fraction of sp³-hybridized carbons (Fsp3) is 0.741. The molecule has 35 heavy (non-hydrogen) atoms. The first kappa shape index (κ1) is 27.5. The van der Waals surface area contributed by atoms with Crippen LogP contribution in [0.2, 0.25) is 0 Å². The van der Waals surface area contributed by atoms with E-state index >= 15 is 0 Å². The number of hydrogen-bond acceptors (Lipinski definition) is 5. The lowest BCUT2D eigenvalue weighted by molar-refractivity contribution is -0.124. The number of anilines is 1. The molecular weight excluding hydrogens is 464 g/mol. The largest absolute Gasteiger partial charge is 0.477 e. The van der Waals surface area contributed by atoms with Gasteiger partial charge < -0.3 is 19.6 Å². The number of rotatable bonds is 4. The second-order valence-corrected chi connectivity index (χ2v) is 13.3. The lowest BCUT2D eigenvalue weighted by Crippen LogP contribution is -2.51. The summed E-state index contributed by atoms with van der Waals surface area (Å²) in [4.78, 5) is 43.5. The third-order valence-electron chi connectivity index (χ3n) is 6.99. The van der Waals surface area contributed by atoms with E-state index in [1.165, 1.54) is 11.3 Å². The van der Waals surface area contributed by atoms with E-state index < -0.39 is 11.6 Å². The van der Waals surface area contributed by atoms with E-state index in [0.29, 0.717) is 37.5 Å². The molecule has 0 spiro atoms. The van der Waals surface area contributed by atoms with Crippen molar-refractivity contribution in [1.82, 2.24) is 4.90 Å². The van der Waals surface area contributed by atoms with Gasteiger partial charge in [0.15, 0.2) is 0 Å². The van der Waals surface area contributed by atoms with Crippen molar-refractivity contribution in [1.29, 1.82) is 0 Å². The molecule has 1 saturated carbocycles. The lowest BCUT2D eigenvalue weighted by atomic mass is 9.82. The van der Waals surface area contributed by atoms with E-state index in [2.05, 4.69) is 27.7 Å². The summed E-state index contributed by atoms with van der Waals surface area (Å²) in [7, 11) is 0. The molecule has 1 saturated heterocycles. The first-order chi connectivity index (χ1) is 16.2. The first-order valence-corrected chi connectivity index (χ1v) is 13.7. The van der Waals surface area contributed by atoms with Crippen LogP contribution in [0.15, 0.2) is 6.07 Å². The quantitative estimate of drug-likeness (QED) is 0.518. The Hall–Kier alpha value is -2.09. The number of carboxylic acid groups (broad SMARTS) is 1. The molecule has 2 fully saturated rings. The maximum atomic E-state index is 14.0. The molecule has 0 bridgehead atoms. The Balaban J connectivity index is 1.91. The molecule has 8 heteroatoms. The smallest absolute Gasteiger partial charge is 0.410 e. The van der Waals surface area contributed by atoms with Gasteiger partial charge in [-0.15, -0.1) is 11.3 Å². The summed E-state index contributed by atoms with van der Waals surface area (Å²) in [6, 6.07) is 1.76. The maximum absolute atomic E-state index is 14.0. The summed E-state index contributed by atoms with van der Waals surface area (Å²) in [5.41, 5.74) is -0.265. The van der Waals surface area contributed by atoms with Gasteiger partial charge in [-0.05, 0) is 76.7 Å². The van der Waals surface area contributed by atoms with Crippen molar-refractivity contribution in [2.75, 3.05) is 18.0 Å². The zero-order valence-corrected chi connectivity index (χ0v) is 23.2. The van der Waals surface area contributed by atoms with E-state index in [1.54, 1.807) is 9.80 Å². The van der Waals surface area contributed by atoms with Crippen LogP contribution < -0.4 is 4.90 Å². The zero-order valence-electron chi connectivity index (χ0n) is 22.3. The van der Waals surface area contributed by atoms with Crippen molar-refractivity contribution >= 4 is 35.0 Å². The number of aromatic carboxylic acids is 1. The van der Waals surface area contributed by atoms with Gasteiger partial charge in [0.25, 0.3) is 0 Å². The van der Waals surface area contributed by atoms with Gasteiger partial charge in [0.05, 0.1) is 5.69 Å². The monoisotopic (exact) mass is 506 g/mol. The van der Waals surface area contributed by atoms with Crippen molar-refractivity contribution in [3.8, 4) is 0 Å².